The van der Waals surface area contributed by atoms with Gasteiger partial charge in [0.15, 0.2) is 11.4 Å². The fraction of sp³-hybridized carbons (Fsp3) is 0. The maximum Gasteiger partial charge on any atom is 0.349 e. The Kier molecular flexibility index (Phi) is 4.58. The van der Waals surface area contributed by atoms with Crippen LogP contribution in [0.1, 0.15) is 10.4 Å². The number of amides is 1. The molecule has 3 heterocycles. The van der Waals surface area contributed by atoms with E-state index in [1.807, 2.05) is 0 Å². The highest BCUT2D eigenvalue weighted by Gasteiger charge is 2.16. The predicted molar refractivity (Wildman–Crippen MR) is 105 cm³/mol. The third-order valence-corrected chi connectivity index (χ3v) is 4.68. The van der Waals surface area contributed by atoms with Crippen molar-refractivity contribution in [2.45, 2.75) is 0 Å². The van der Waals surface area contributed by atoms with E-state index in [0.29, 0.717) is 21.3 Å². The molecular formula is C17H9Br2N5O3. The number of nitrogens with one attached hydrogen (secondary N) is 1. The van der Waals surface area contributed by atoms with Crippen LogP contribution in [-0.2, 0) is 0 Å². The summed E-state index contributed by atoms with van der Waals surface area (Å²) in [5.41, 5.74) is -0.515. The smallest absolute Gasteiger partial charge is 0.349 e. The van der Waals surface area contributed by atoms with Gasteiger partial charge >= 0.3 is 5.63 Å². The lowest BCUT2D eigenvalue weighted by Gasteiger charge is -2.07. The van der Waals surface area contributed by atoms with Gasteiger partial charge < -0.3 is 9.73 Å². The monoisotopic (exact) mass is 489 g/mol. The van der Waals surface area contributed by atoms with Crippen molar-refractivity contribution in [2.75, 3.05) is 5.32 Å². The normalized spacial score (nSPS) is 10.9. The number of benzene rings is 1. The Morgan fingerprint density at radius 2 is 2.00 bits per heavy atom. The molecule has 3 aromatic heterocycles. The summed E-state index contributed by atoms with van der Waals surface area (Å²) in [4.78, 5) is 32.9. The zero-order valence-electron chi connectivity index (χ0n) is 13.4. The number of fused-ring (bicyclic) bond motifs is 1. The minimum atomic E-state index is -0.746. The highest BCUT2D eigenvalue weighted by atomic mass is 79.9. The van der Waals surface area contributed by atoms with Crippen LogP contribution in [0.5, 0.6) is 0 Å². The fourth-order valence-electron chi connectivity index (χ4n) is 2.44. The molecule has 0 bridgehead atoms. The maximum absolute atomic E-state index is 12.6. The number of hydrogen-bond acceptors (Lipinski definition) is 6. The van der Waals surface area contributed by atoms with Crippen molar-refractivity contribution in [2.24, 2.45) is 0 Å². The molecule has 0 aliphatic rings. The van der Waals surface area contributed by atoms with E-state index in [4.69, 9.17) is 4.42 Å². The van der Waals surface area contributed by atoms with Crippen molar-refractivity contribution in [3.05, 3.63) is 74.0 Å². The Balaban J connectivity index is 1.68. The van der Waals surface area contributed by atoms with Crippen molar-refractivity contribution >= 4 is 54.6 Å². The van der Waals surface area contributed by atoms with Crippen LogP contribution in [0.2, 0.25) is 0 Å². The summed E-state index contributed by atoms with van der Waals surface area (Å²) in [6.45, 7) is 0. The highest BCUT2D eigenvalue weighted by molar-refractivity contribution is 9.11. The SMILES string of the molecule is O=C(Nc1cc(-n2cccn2)ncn1)c1cc2cc(Br)cc(Br)c2oc1=O. The molecule has 0 atom stereocenters. The molecule has 0 aliphatic heterocycles. The lowest BCUT2D eigenvalue weighted by molar-refractivity contribution is 0.102. The topological polar surface area (TPSA) is 103 Å². The van der Waals surface area contributed by atoms with E-state index in [1.54, 1.807) is 36.7 Å². The molecule has 4 rings (SSSR count). The van der Waals surface area contributed by atoms with Crippen LogP contribution in [0, 0.1) is 0 Å². The Hall–Kier alpha value is -2.85. The number of carbonyl (C=O) groups excluding carboxylic acids is 1. The zero-order chi connectivity index (χ0) is 19.0. The van der Waals surface area contributed by atoms with Gasteiger partial charge in [0.2, 0.25) is 0 Å². The van der Waals surface area contributed by atoms with Gasteiger partial charge in [-0.2, -0.15) is 5.10 Å². The van der Waals surface area contributed by atoms with E-state index in [-0.39, 0.29) is 11.4 Å². The first kappa shape index (κ1) is 17.6. The van der Waals surface area contributed by atoms with E-state index >= 15 is 0 Å². The second-order valence-corrected chi connectivity index (χ2v) is 7.19. The highest BCUT2D eigenvalue weighted by Crippen LogP contribution is 2.28. The minimum absolute atomic E-state index is 0.133. The zero-order valence-corrected chi connectivity index (χ0v) is 16.6. The van der Waals surface area contributed by atoms with Crippen LogP contribution in [-0.4, -0.2) is 25.7 Å². The third kappa shape index (κ3) is 3.53. The van der Waals surface area contributed by atoms with E-state index in [9.17, 15) is 9.59 Å². The van der Waals surface area contributed by atoms with Crippen molar-refractivity contribution in [3.8, 4) is 5.82 Å². The summed E-state index contributed by atoms with van der Waals surface area (Å²) in [6.07, 6.45) is 4.61. The molecule has 1 amide bonds. The Morgan fingerprint density at radius 1 is 1.15 bits per heavy atom. The van der Waals surface area contributed by atoms with Crippen molar-refractivity contribution in [1.82, 2.24) is 19.7 Å². The first-order valence-corrected chi connectivity index (χ1v) is 9.16. The summed E-state index contributed by atoms with van der Waals surface area (Å²) in [7, 11) is 0. The molecule has 0 saturated heterocycles. The van der Waals surface area contributed by atoms with Crippen LogP contribution in [0.25, 0.3) is 16.8 Å². The van der Waals surface area contributed by atoms with Crippen molar-refractivity contribution < 1.29 is 9.21 Å². The summed E-state index contributed by atoms with van der Waals surface area (Å²) >= 11 is 6.70. The maximum atomic E-state index is 12.6. The largest absolute Gasteiger partial charge is 0.421 e. The number of aromatic nitrogens is 4. The van der Waals surface area contributed by atoms with Gasteiger partial charge in [0.05, 0.1) is 4.47 Å². The van der Waals surface area contributed by atoms with Gasteiger partial charge in [-0.3, -0.25) is 4.79 Å². The van der Waals surface area contributed by atoms with Gasteiger partial charge in [0.25, 0.3) is 5.91 Å². The number of halogens is 2. The van der Waals surface area contributed by atoms with Crippen LogP contribution in [0.3, 0.4) is 0 Å². The van der Waals surface area contributed by atoms with Gasteiger partial charge in [0, 0.05) is 28.3 Å². The lowest BCUT2D eigenvalue weighted by Crippen LogP contribution is -2.21. The Bertz CT molecular complexity index is 1220. The molecule has 4 aromatic rings. The molecule has 0 unspecified atom stereocenters. The number of nitrogens with zero attached hydrogens (tertiary/aromatic N) is 4. The molecule has 0 spiro atoms. The lowest BCUT2D eigenvalue weighted by atomic mass is 10.2. The summed E-state index contributed by atoms with van der Waals surface area (Å²) in [6, 6.07) is 8.27. The standard InChI is InChI=1S/C17H9Br2N5O3/c18-10-4-9-5-11(17(26)27-15(9)12(19)6-10)16(25)23-13-7-14(21-8-20-13)24-3-1-2-22-24/h1-8H,(H,20,21,23,25). The molecule has 134 valence electrons. The van der Waals surface area contributed by atoms with Gasteiger partial charge in [-0.15, -0.1) is 0 Å². The van der Waals surface area contributed by atoms with Crippen LogP contribution >= 0.6 is 31.9 Å². The van der Waals surface area contributed by atoms with Crippen molar-refractivity contribution in [3.63, 3.8) is 0 Å². The van der Waals surface area contributed by atoms with Crippen LogP contribution < -0.4 is 10.9 Å². The van der Waals surface area contributed by atoms with Crippen molar-refractivity contribution in [1.29, 1.82) is 0 Å². The van der Waals surface area contributed by atoms with E-state index in [0.717, 1.165) is 4.47 Å². The molecule has 0 fully saturated rings. The second-order valence-electron chi connectivity index (χ2n) is 5.42. The van der Waals surface area contributed by atoms with E-state index in [1.165, 1.54) is 17.1 Å². The summed E-state index contributed by atoms with van der Waals surface area (Å²) in [5, 5.41) is 7.25. The number of anilines is 1. The van der Waals surface area contributed by atoms with Gasteiger partial charge in [-0.05, 0) is 40.2 Å². The predicted octanol–water partition coefficient (Wildman–Crippen LogP) is 3.55. The first-order chi connectivity index (χ1) is 13.0. The summed E-state index contributed by atoms with van der Waals surface area (Å²) < 4.78 is 8.20. The molecule has 1 aromatic carbocycles. The molecule has 0 radical (unpaired) electrons. The minimum Gasteiger partial charge on any atom is -0.421 e. The average Bonchev–Trinajstić information content (AvgIpc) is 3.17. The number of carbonyl (C=O) groups is 1. The second kappa shape index (κ2) is 7.05. The molecular weight excluding hydrogens is 482 g/mol. The molecule has 0 aliphatic carbocycles. The molecule has 27 heavy (non-hydrogen) atoms. The molecule has 1 N–H and O–H groups in total. The molecule has 8 nitrogen and oxygen atoms in total. The average molecular weight is 491 g/mol. The molecule has 10 heteroatoms. The van der Waals surface area contributed by atoms with Gasteiger partial charge in [-0.1, -0.05) is 15.9 Å². The number of rotatable bonds is 3. The molecule has 0 saturated carbocycles. The quantitative estimate of drug-likeness (QED) is 0.440. The summed E-state index contributed by atoms with van der Waals surface area (Å²) in [5.74, 6) is 0.0750. The fourth-order valence-corrected chi connectivity index (χ4v) is 3.78. The van der Waals surface area contributed by atoms with Gasteiger partial charge in [-0.25, -0.2) is 19.4 Å². The van der Waals surface area contributed by atoms with E-state index < -0.39 is 11.5 Å². The number of hydrogen-bond donors (Lipinski definition) is 1. The van der Waals surface area contributed by atoms with Crippen LogP contribution in [0.15, 0.2) is 67.2 Å². The van der Waals surface area contributed by atoms with Crippen LogP contribution in [0.4, 0.5) is 5.82 Å². The third-order valence-electron chi connectivity index (χ3n) is 3.63. The Morgan fingerprint density at radius 3 is 2.78 bits per heavy atom. The Labute approximate surface area is 168 Å². The van der Waals surface area contributed by atoms with E-state index in [2.05, 4.69) is 52.2 Å². The first-order valence-electron chi connectivity index (χ1n) is 7.57. The van der Waals surface area contributed by atoms with Gasteiger partial charge in [0.1, 0.15) is 17.7 Å².